The predicted molar refractivity (Wildman–Crippen MR) is 85.9 cm³/mol. The third kappa shape index (κ3) is 7.54. The Morgan fingerprint density at radius 3 is 2.26 bits per heavy atom. The first-order valence-electron chi connectivity index (χ1n) is 7.55. The van der Waals surface area contributed by atoms with Crippen LogP contribution in [-0.4, -0.2) is 66.4 Å². The molecule has 1 unspecified atom stereocenters. The number of unbranched alkanes of at least 4 members (excludes halogenated alkanes) is 1. The SMILES string of the molecule is CSC(C)N1CCN(CCCCOC(C)(C)C)CC1. The second kappa shape index (κ2) is 8.50. The Labute approximate surface area is 124 Å². The monoisotopic (exact) mass is 288 g/mol. The minimum Gasteiger partial charge on any atom is -0.376 e. The van der Waals surface area contributed by atoms with Crippen molar-refractivity contribution in [2.24, 2.45) is 0 Å². The van der Waals surface area contributed by atoms with Crippen LogP contribution >= 0.6 is 11.8 Å². The van der Waals surface area contributed by atoms with Crippen LogP contribution in [0, 0.1) is 0 Å². The van der Waals surface area contributed by atoms with Gasteiger partial charge < -0.3 is 9.64 Å². The van der Waals surface area contributed by atoms with Gasteiger partial charge in [-0.2, -0.15) is 0 Å². The van der Waals surface area contributed by atoms with Crippen LogP contribution in [0.4, 0.5) is 0 Å². The molecule has 1 rings (SSSR count). The Hall–Kier alpha value is 0.230. The molecule has 1 aliphatic heterocycles. The summed E-state index contributed by atoms with van der Waals surface area (Å²) in [7, 11) is 0. The van der Waals surface area contributed by atoms with Crippen molar-refractivity contribution in [3.63, 3.8) is 0 Å². The summed E-state index contributed by atoms with van der Waals surface area (Å²) in [6.45, 7) is 15.7. The van der Waals surface area contributed by atoms with Crippen molar-refractivity contribution in [2.45, 2.75) is 51.5 Å². The van der Waals surface area contributed by atoms with E-state index < -0.39 is 0 Å². The van der Waals surface area contributed by atoms with Gasteiger partial charge in [0.15, 0.2) is 0 Å². The molecule has 1 atom stereocenters. The fourth-order valence-corrected chi connectivity index (χ4v) is 2.82. The van der Waals surface area contributed by atoms with Crippen LogP contribution in [-0.2, 0) is 4.74 Å². The highest BCUT2D eigenvalue weighted by atomic mass is 32.2. The quantitative estimate of drug-likeness (QED) is 0.669. The van der Waals surface area contributed by atoms with Crippen LogP contribution in [0.2, 0.25) is 0 Å². The lowest BCUT2D eigenvalue weighted by Gasteiger charge is -2.37. The number of nitrogens with zero attached hydrogens (tertiary/aromatic N) is 2. The summed E-state index contributed by atoms with van der Waals surface area (Å²) in [6, 6.07) is 0. The van der Waals surface area contributed by atoms with Crippen LogP contribution in [0.25, 0.3) is 0 Å². The van der Waals surface area contributed by atoms with Gasteiger partial charge in [-0.3, -0.25) is 4.90 Å². The maximum absolute atomic E-state index is 5.75. The lowest BCUT2D eigenvalue weighted by molar-refractivity contribution is -0.00568. The first kappa shape index (κ1) is 17.3. The van der Waals surface area contributed by atoms with Crippen molar-refractivity contribution in [3.05, 3.63) is 0 Å². The molecule has 1 aliphatic rings. The van der Waals surface area contributed by atoms with Crippen molar-refractivity contribution in [1.29, 1.82) is 0 Å². The van der Waals surface area contributed by atoms with Crippen molar-refractivity contribution in [3.8, 4) is 0 Å². The van der Waals surface area contributed by atoms with E-state index in [2.05, 4.69) is 43.8 Å². The molecule has 0 aromatic rings. The molecular weight excluding hydrogens is 256 g/mol. The van der Waals surface area contributed by atoms with E-state index in [4.69, 9.17) is 4.74 Å². The Morgan fingerprint density at radius 1 is 1.11 bits per heavy atom. The highest BCUT2D eigenvalue weighted by Gasteiger charge is 2.19. The predicted octanol–water partition coefficient (Wildman–Crippen LogP) is 2.91. The number of rotatable bonds is 7. The molecule has 0 aromatic heterocycles. The van der Waals surface area contributed by atoms with Crippen LogP contribution in [0.15, 0.2) is 0 Å². The molecule has 0 saturated carbocycles. The normalized spacial score (nSPS) is 20.7. The Bertz CT molecular complexity index is 235. The minimum atomic E-state index is 0.0135. The zero-order chi connectivity index (χ0) is 14.3. The third-order valence-corrected chi connectivity index (χ3v) is 4.65. The summed E-state index contributed by atoms with van der Waals surface area (Å²) in [5.74, 6) is 0. The highest BCUT2D eigenvalue weighted by molar-refractivity contribution is 7.99. The average Bonchev–Trinajstić information content (AvgIpc) is 2.37. The number of hydrogen-bond acceptors (Lipinski definition) is 4. The van der Waals surface area contributed by atoms with E-state index in [9.17, 15) is 0 Å². The summed E-state index contributed by atoms with van der Waals surface area (Å²) < 4.78 is 5.75. The summed E-state index contributed by atoms with van der Waals surface area (Å²) in [4.78, 5) is 5.19. The third-order valence-electron chi connectivity index (χ3n) is 3.67. The van der Waals surface area contributed by atoms with Gasteiger partial charge in [-0.25, -0.2) is 0 Å². The number of piperazine rings is 1. The van der Waals surface area contributed by atoms with Gasteiger partial charge in [-0.05, 0) is 53.3 Å². The lowest BCUT2D eigenvalue weighted by atomic mass is 10.2. The maximum atomic E-state index is 5.75. The summed E-state index contributed by atoms with van der Waals surface area (Å²) in [6.07, 6.45) is 4.64. The van der Waals surface area contributed by atoms with Gasteiger partial charge in [0.2, 0.25) is 0 Å². The van der Waals surface area contributed by atoms with E-state index in [1.165, 1.54) is 45.6 Å². The molecule has 0 aliphatic carbocycles. The zero-order valence-corrected chi connectivity index (χ0v) is 14.3. The molecule has 0 aromatic carbocycles. The molecule has 1 fully saturated rings. The molecule has 0 radical (unpaired) electrons. The first-order chi connectivity index (χ1) is 8.92. The van der Waals surface area contributed by atoms with Crippen LogP contribution in [0.1, 0.15) is 40.5 Å². The summed E-state index contributed by atoms with van der Waals surface area (Å²) in [5, 5.41) is 0.669. The Morgan fingerprint density at radius 2 is 1.74 bits per heavy atom. The molecule has 0 bridgehead atoms. The highest BCUT2D eigenvalue weighted by Crippen LogP contribution is 2.14. The van der Waals surface area contributed by atoms with Gasteiger partial charge >= 0.3 is 0 Å². The van der Waals surface area contributed by atoms with Crippen molar-refractivity contribution < 1.29 is 4.74 Å². The van der Waals surface area contributed by atoms with Gasteiger partial charge in [0.05, 0.1) is 11.0 Å². The van der Waals surface area contributed by atoms with Gasteiger partial charge in [0.1, 0.15) is 0 Å². The first-order valence-corrected chi connectivity index (χ1v) is 8.84. The topological polar surface area (TPSA) is 15.7 Å². The maximum Gasteiger partial charge on any atom is 0.0598 e. The summed E-state index contributed by atoms with van der Waals surface area (Å²) >= 11 is 1.95. The van der Waals surface area contributed by atoms with Gasteiger partial charge in [0.25, 0.3) is 0 Å². The smallest absolute Gasteiger partial charge is 0.0598 e. The van der Waals surface area contributed by atoms with Crippen molar-refractivity contribution >= 4 is 11.8 Å². The molecule has 4 heteroatoms. The Kier molecular flexibility index (Phi) is 7.73. The Balaban J connectivity index is 2.04. The summed E-state index contributed by atoms with van der Waals surface area (Å²) in [5.41, 5.74) is 0.0135. The van der Waals surface area contributed by atoms with E-state index in [1.807, 2.05) is 11.8 Å². The van der Waals surface area contributed by atoms with Crippen molar-refractivity contribution in [1.82, 2.24) is 9.80 Å². The number of thioether (sulfide) groups is 1. The fraction of sp³-hybridized carbons (Fsp3) is 1.00. The molecule has 19 heavy (non-hydrogen) atoms. The molecular formula is C15H32N2OS. The van der Waals surface area contributed by atoms with E-state index in [-0.39, 0.29) is 5.60 Å². The van der Waals surface area contributed by atoms with Crippen LogP contribution < -0.4 is 0 Å². The molecule has 114 valence electrons. The fourth-order valence-electron chi connectivity index (χ4n) is 2.32. The number of ether oxygens (including phenoxy) is 1. The number of hydrogen-bond donors (Lipinski definition) is 0. The lowest BCUT2D eigenvalue weighted by Crippen LogP contribution is -2.48. The second-order valence-electron chi connectivity index (χ2n) is 6.38. The van der Waals surface area contributed by atoms with E-state index in [0.717, 1.165) is 6.61 Å². The zero-order valence-electron chi connectivity index (χ0n) is 13.4. The van der Waals surface area contributed by atoms with Gasteiger partial charge in [-0.1, -0.05) is 0 Å². The molecule has 0 spiro atoms. The molecule has 0 amide bonds. The standard InChI is InChI=1S/C15H32N2OS/c1-14(19-5)17-11-9-16(10-12-17)8-6-7-13-18-15(2,3)4/h14H,6-13H2,1-5H3. The molecule has 1 heterocycles. The van der Waals surface area contributed by atoms with Crippen molar-refractivity contribution in [2.75, 3.05) is 45.6 Å². The van der Waals surface area contributed by atoms with Crippen LogP contribution in [0.5, 0.6) is 0 Å². The second-order valence-corrected chi connectivity index (χ2v) is 7.53. The minimum absolute atomic E-state index is 0.0135. The van der Waals surface area contributed by atoms with E-state index >= 15 is 0 Å². The largest absolute Gasteiger partial charge is 0.376 e. The van der Waals surface area contributed by atoms with Gasteiger partial charge in [0, 0.05) is 32.8 Å². The van der Waals surface area contributed by atoms with Gasteiger partial charge in [-0.15, -0.1) is 11.8 Å². The van der Waals surface area contributed by atoms with Crippen LogP contribution in [0.3, 0.4) is 0 Å². The molecule has 3 nitrogen and oxygen atoms in total. The van der Waals surface area contributed by atoms with E-state index in [1.54, 1.807) is 0 Å². The average molecular weight is 289 g/mol. The molecule has 1 saturated heterocycles. The van der Waals surface area contributed by atoms with E-state index in [0.29, 0.717) is 5.37 Å². The molecule has 0 N–H and O–H groups in total.